The monoisotopic (exact) mass is 257 g/mol. The van der Waals surface area contributed by atoms with Crippen LogP contribution in [0.25, 0.3) is 10.4 Å². The van der Waals surface area contributed by atoms with Gasteiger partial charge in [-0.25, -0.2) is 0 Å². The molecule has 1 fully saturated rings. The van der Waals surface area contributed by atoms with Crippen LogP contribution in [0, 0.1) is 13.8 Å². The molecule has 1 aliphatic rings. The van der Waals surface area contributed by atoms with Gasteiger partial charge in [0.05, 0.1) is 0 Å². The van der Waals surface area contributed by atoms with Crippen LogP contribution in [0.3, 0.4) is 0 Å². The summed E-state index contributed by atoms with van der Waals surface area (Å²) in [5, 5.41) is 3.57. The molecule has 0 bridgehead atoms. The van der Waals surface area contributed by atoms with Gasteiger partial charge in [-0.2, -0.15) is 0 Å². The lowest BCUT2D eigenvalue weighted by molar-refractivity contribution is 0.695. The van der Waals surface area contributed by atoms with Crippen molar-refractivity contribution in [2.75, 3.05) is 0 Å². The second-order valence-electron chi connectivity index (χ2n) is 5.22. The molecule has 1 heterocycles. The third-order valence-electron chi connectivity index (χ3n) is 3.60. The lowest BCUT2D eigenvalue weighted by Crippen LogP contribution is -2.14. The van der Waals surface area contributed by atoms with Gasteiger partial charge in [-0.05, 0) is 55.5 Å². The first-order valence-corrected chi connectivity index (χ1v) is 7.44. The van der Waals surface area contributed by atoms with E-state index in [9.17, 15) is 0 Å². The summed E-state index contributed by atoms with van der Waals surface area (Å²) in [6, 6.07) is 12.0. The van der Waals surface area contributed by atoms with Crippen LogP contribution in [0.4, 0.5) is 0 Å². The fraction of sp³-hybridized carbons (Fsp3) is 0.375. The zero-order valence-corrected chi connectivity index (χ0v) is 11.8. The van der Waals surface area contributed by atoms with Gasteiger partial charge in [0.25, 0.3) is 0 Å². The smallest absolute Gasteiger partial charge is 0.0346 e. The van der Waals surface area contributed by atoms with Crippen LogP contribution in [0.2, 0.25) is 0 Å². The normalized spacial score (nSPS) is 15.0. The Morgan fingerprint density at radius 3 is 2.67 bits per heavy atom. The molecule has 94 valence electrons. The van der Waals surface area contributed by atoms with Gasteiger partial charge in [-0.15, -0.1) is 11.3 Å². The highest BCUT2D eigenvalue weighted by molar-refractivity contribution is 7.15. The number of nitrogens with one attached hydrogen (secondary N) is 1. The van der Waals surface area contributed by atoms with E-state index in [1.807, 2.05) is 11.3 Å². The first kappa shape index (κ1) is 11.9. The average Bonchev–Trinajstić information content (AvgIpc) is 3.08. The molecule has 0 spiro atoms. The standard InChI is InChI=1S/C16H19NS/c1-11-3-4-13(9-12(11)2)16-8-7-15(18-16)10-17-14-5-6-14/h3-4,7-9,14,17H,5-6,10H2,1-2H3. The van der Waals surface area contributed by atoms with Gasteiger partial charge in [-0.3, -0.25) is 0 Å². The van der Waals surface area contributed by atoms with Crippen LogP contribution in [0.5, 0.6) is 0 Å². The Morgan fingerprint density at radius 1 is 1.11 bits per heavy atom. The zero-order chi connectivity index (χ0) is 12.5. The molecule has 1 aromatic heterocycles. The van der Waals surface area contributed by atoms with Crippen molar-refractivity contribution >= 4 is 11.3 Å². The summed E-state index contributed by atoms with van der Waals surface area (Å²) in [5.41, 5.74) is 4.09. The topological polar surface area (TPSA) is 12.0 Å². The maximum atomic E-state index is 3.57. The minimum atomic E-state index is 0.789. The third-order valence-corrected chi connectivity index (χ3v) is 4.73. The van der Waals surface area contributed by atoms with Gasteiger partial charge < -0.3 is 5.32 Å². The molecule has 1 saturated carbocycles. The molecule has 1 aliphatic carbocycles. The van der Waals surface area contributed by atoms with Gasteiger partial charge in [-0.1, -0.05) is 18.2 Å². The maximum Gasteiger partial charge on any atom is 0.0346 e. The Balaban J connectivity index is 1.76. The van der Waals surface area contributed by atoms with Crippen molar-refractivity contribution in [3.8, 4) is 10.4 Å². The molecule has 1 aromatic carbocycles. The highest BCUT2D eigenvalue weighted by Gasteiger charge is 2.20. The summed E-state index contributed by atoms with van der Waals surface area (Å²) in [6.07, 6.45) is 2.71. The van der Waals surface area contributed by atoms with Crippen LogP contribution >= 0.6 is 11.3 Å². The van der Waals surface area contributed by atoms with Crippen molar-refractivity contribution in [1.29, 1.82) is 0 Å². The van der Waals surface area contributed by atoms with Crippen LogP contribution in [-0.4, -0.2) is 6.04 Å². The molecule has 2 heteroatoms. The average molecular weight is 257 g/mol. The maximum absolute atomic E-state index is 3.57. The lowest BCUT2D eigenvalue weighted by atomic mass is 10.1. The molecule has 18 heavy (non-hydrogen) atoms. The predicted molar refractivity (Wildman–Crippen MR) is 79.1 cm³/mol. The van der Waals surface area contributed by atoms with E-state index in [1.165, 1.54) is 39.3 Å². The fourth-order valence-electron chi connectivity index (χ4n) is 2.06. The van der Waals surface area contributed by atoms with E-state index in [4.69, 9.17) is 0 Å². The highest BCUT2D eigenvalue weighted by atomic mass is 32.1. The predicted octanol–water partition coefficient (Wildman–Crippen LogP) is 4.28. The molecular weight excluding hydrogens is 238 g/mol. The molecule has 1 N–H and O–H groups in total. The van der Waals surface area contributed by atoms with Crippen molar-refractivity contribution in [3.05, 3.63) is 46.3 Å². The van der Waals surface area contributed by atoms with E-state index in [1.54, 1.807) is 0 Å². The molecule has 0 aliphatic heterocycles. The number of aryl methyl sites for hydroxylation is 2. The van der Waals surface area contributed by atoms with E-state index in [-0.39, 0.29) is 0 Å². The van der Waals surface area contributed by atoms with Gasteiger partial charge in [0, 0.05) is 22.3 Å². The number of hydrogen-bond acceptors (Lipinski definition) is 2. The highest BCUT2D eigenvalue weighted by Crippen LogP contribution is 2.30. The molecule has 1 nitrogen and oxygen atoms in total. The number of benzene rings is 1. The second kappa shape index (κ2) is 4.87. The molecular formula is C16H19NS. The van der Waals surface area contributed by atoms with Crippen molar-refractivity contribution in [3.63, 3.8) is 0 Å². The Kier molecular flexibility index (Phi) is 3.23. The zero-order valence-electron chi connectivity index (χ0n) is 11.0. The Hall–Kier alpha value is -1.12. The van der Waals surface area contributed by atoms with Crippen molar-refractivity contribution < 1.29 is 0 Å². The van der Waals surface area contributed by atoms with Crippen molar-refractivity contribution in [1.82, 2.24) is 5.32 Å². The summed E-state index contributed by atoms with van der Waals surface area (Å²) in [6.45, 7) is 5.38. The molecule has 3 rings (SSSR count). The van der Waals surface area contributed by atoms with Crippen LogP contribution in [0.15, 0.2) is 30.3 Å². The van der Waals surface area contributed by atoms with E-state index in [2.05, 4.69) is 49.5 Å². The van der Waals surface area contributed by atoms with Gasteiger partial charge in [0.1, 0.15) is 0 Å². The fourth-order valence-corrected chi connectivity index (χ4v) is 3.01. The van der Waals surface area contributed by atoms with Crippen LogP contribution in [0.1, 0.15) is 28.8 Å². The quantitative estimate of drug-likeness (QED) is 0.862. The SMILES string of the molecule is Cc1ccc(-c2ccc(CNC3CC3)s2)cc1C. The summed E-state index contributed by atoms with van der Waals surface area (Å²) >= 11 is 1.91. The van der Waals surface area contributed by atoms with Crippen LogP contribution in [-0.2, 0) is 6.54 Å². The Morgan fingerprint density at radius 2 is 1.94 bits per heavy atom. The molecule has 2 aromatic rings. The van der Waals surface area contributed by atoms with E-state index >= 15 is 0 Å². The minimum Gasteiger partial charge on any atom is -0.309 e. The largest absolute Gasteiger partial charge is 0.309 e. The molecule has 0 unspecified atom stereocenters. The number of rotatable bonds is 4. The number of hydrogen-bond donors (Lipinski definition) is 1. The lowest BCUT2D eigenvalue weighted by Gasteiger charge is -2.03. The van der Waals surface area contributed by atoms with Crippen molar-refractivity contribution in [2.45, 2.75) is 39.3 Å². The van der Waals surface area contributed by atoms with E-state index in [0.29, 0.717) is 0 Å². The summed E-state index contributed by atoms with van der Waals surface area (Å²) in [5.74, 6) is 0. The number of thiophene rings is 1. The first-order chi connectivity index (χ1) is 8.72. The van der Waals surface area contributed by atoms with Crippen LogP contribution < -0.4 is 5.32 Å². The first-order valence-electron chi connectivity index (χ1n) is 6.62. The van der Waals surface area contributed by atoms with Gasteiger partial charge in [0.15, 0.2) is 0 Å². The molecule has 0 amide bonds. The third kappa shape index (κ3) is 2.65. The molecule has 0 saturated heterocycles. The Labute approximate surface area is 113 Å². The Bertz CT molecular complexity index is 552. The minimum absolute atomic E-state index is 0.789. The van der Waals surface area contributed by atoms with Gasteiger partial charge in [0.2, 0.25) is 0 Å². The van der Waals surface area contributed by atoms with E-state index in [0.717, 1.165) is 12.6 Å². The second-order valence-corrected chi connectivity index (χ2v) is 6.39. The van der Waals surface area contributed by atoms with Gasteiger partial charge >= 0.3 is 0 Å². The summed E-state index contributed by atoms with van der Waals surface area (Å²) in [7, 11) is 0. The van der Waals surface area contributed by atoms with E-state index < -0.39 is 0 Å². The summed E-state index contributed by atoms with van der Waals surface area (Å²) < 4.78 is 0. The van der Waals surface area contributed by atoms with Crippen molar-refractivity contribution in [2.24, 2.45) is 0 Å². The molecule has 0 atom stereocenters. The molecule has 0 radical (unpaired) electrons. The summed E-state index contributed by atoms with van der Waals surface area (Å²) in [4.78, 5) is 2.82.